The fraction of sp³-hybridized carbons (Fsp3) is 0.0909. The number of anilines is 2. The number of ether oxygens (including phenoxy) is 1. The molecular formula is C22H20N2O3. The number of hydrogen-bond acceptors (Lipinski definition) is 3. The Balaban J connectivity index is 1.78. The lowest BCUT2D eigenvalue weighted by Crippen LogP contribution is -2.18. The van der Waals surface area contributed by atoms with Gasteiger partial charge in [0.25, 0.3) is 11.8 Å². The van der Waals surface area contributed by atoms with Crippen LogP contribution >= 0.6 is 0 Å². The quantitative estimate of drug-likeness (QED) is 0.703. The number of methoxy groups -OCH3 is 1. The molecule has 0 bridgehead atoms. The second-order valence-corrected chi connectivity index (χ2v) is 6.05. The number of rotatable bonds is 5. The van der Waals surface area contributed by atoms with Crippen molar-refractivity contribution in [3.8, 4) is 5.75 Å². The zero-order valence-corrected chi connectivity index (χ0v) is 15.2. The first-order chi connectivity index (χ1) is 13.1. The van der Waals surface area contributed by atoms with Crippen LogP contribution in [0.4, 0.5) is 11.4 Å². The van der Waals surface area contributed by atoms with Crippen LogP contribution < -0.4 is 15.4 Å². The van der Waals surface area contributed by atoms with Gasteiger partial charge in [-0.05, 0) is 61.0 Å². The summed E-state index contributed by atoms with van der Waals surface area (Å²) in [5.74, 6) is 0.0872. The highest BCUT2D eigenvalue weighted by atomic mass is 16.5. The largest absolute Gasteiger partial charge is 0.497 e. The molecule has 0 radical (unpaired) electrons. The highest BCUT2D eigenvalue weighted by Crippen LogP contribution is 2.20. The van der Waals surface area contributed by atoms with E-state index in [1.807, 2.05) is 31.2 Å². The first kappa shape index (κ1) is 18.2. The molecule has 0 aliphatic carbocycles. The van der Waals surface area contributed by atoms with Crippen LogP contribution in [0.5, 0.6) is 5.75 Å². The van der Waals surface area contributed by atoms with Crippen molar-refractivity contribution in [2.45, 2.75) is 6.92 Å². The van der Waals surface area contributed by atoms with Crippen LogP contribution in [0.2, 0.25) is 0 Å². The van der Waals surface area contributed by atoms with E-state index < -0.39 is 0 Å². The topological polar surface area (TPSA) is 67.4 Å². The van der Waals surface area contributed by atoms with Crippen LogP contribution in [-0.2, 0) is 0 Å². The summed E-state index contributed by atoms with van der Waals surface area (Å²) in [6.07, 6.45) is 0. The Morgan fingerprint density at radius 3 is 2.26 bits per heavy atom. The third-order valence-corrected chi connectivity index (χ3v) is 4.05. The average molecular weight is 360 g/mol. The van der Waals surface area contributed by atoms with Gasteiger partial charge in [0.15, 0.2) is 0 Å². The molecule has 0 unspecified atom stereocenters. The average Bonchev–Trinajstić information content (AvgIpc) is 2.68. The van der Waals surface area contributed by atoms with Crippen LogP contribution in [0, 0.1) is 6.92 Å². The molecule has 0 aliphatic rings. The van der Waals surface area contributed by atoms with Crippen LogP contribution in [-0.4, -0.2) is 18.9 Å². The third-order valence-electron chi connectivity index (χ3n) is 4.05. The maximum atomic E-state index is 12.7. The molecule has 3 rings (SSSR count). The molecule has 5 heteroatoms. The van der Waals surface area contributed by atoms with Crippen molar-refractivity contribution in [1.82, 2.24) is 0 Å². The zero-order valence-electron chi connectivity index (χ0n) is 15.2. The number of para-hydroxylation sites is 1. The second-order valence-electron chi connectivity index (χ2n) is 6.05. The van der Waals surface area contributed by atoms with E-state index in [1.165, 1.54) is 0 Å². The van der Waals surface area contributed by atoms with E-state index in [-0.39, 0.29) is 11.8 Å². The smallest absolute Gasteiger partial charge is 0.257 e. The van der Waals surface area contributed by atoms with Crippen molar-refractivity contribution in [2.24, 2.45) is 0 Å². The van der Waals surface area contributed by atoms with E-state index in [2.05, 4.69) is 10.6 Å². The highest BCUT2D eigenvalue weighted by Gasteiger charge is 2.14. The Morgan fingerprint density at radius 1 is 0.815 bits per heavy atom. The minimum atomic E-state index is -0.298. The van der Waals surface area contributed by atoms with Crippen molar-refractivity contribution in [3.63, 3.8) is 0 Å². The lowest BCUT2D eigenvalue weighted by Gasteiger charge is -2.12. The van der Waals surface area contributed by atoms with Gasteiger partial charge in [0.1, 0.15) is 5.75 Å². The van der Waals surface area contributed by atoms with Gasteiger partial charge in [-0.1, -0.05) is 24.3 Å². The molecule has 0 aromatic heterocycles. The minimum absolute atomic E-state index is 0.286. The maximum absolute atomic E-state index is 12.7. The molecule has 2 N–H and O–H groups in total. The molecule has 2 amide bonds. The van der Waals surface area contributed by atoms with Crippen molar-refractivity contribution in [2.75, 3.05) is 17.7 Å². The molecule has 27 heavy (non-hydrogen) atoms. The zero-order chi connectivity index (χ0) is 19.2. The standard InChI is InChI=1S/C22H20N2O3/c1-15-6-5-7-17(14-15)23-22(26)19-8-3-4-9-20(19)24-21(25)16-10-12-18(27-2)13-11-16/h3-14H,1-2H3,(H,23,26)(H,24,25). The summed E-state index contributed by atoms with van der Waals surface area (Å²) in [5.41, 5.74) is 3.07. The van der Waals surface area contributed by atoms with Gasteiger partial charge >= 0.3 is 0 Å². The Kier molecular flexibility index (Phi) is 5.52. The van der Waals surface area contributed by atoms with Crippen molar-refractivity contribution in [1.29, 1.82) is 0 Å². The summed E-state index contributed by atoms with van der Waals surface area (Å²) in [7, 11) is 1.57. The Labute approximate surface area is 158 Å². The van der Waals surface area contributed by atoms with Crippen LogP contribution in [0.15, 0.2) is 72.8 Å². The minimum Gasteiger partial charge on any atom is -0.497 e. The van der Waals surface area contributed by atoms with Gasteiger partial charge in [-0.15, -0.1) is 0 Å². The number of hydrogen-bond donors (Lipinski definition) is 2. The van der Waals surface area contributed by atoms with Crippen LogP contribution in [0.3, 0.4) is 0 Å². The molecule has 0 saturated heterocycles. The van der Waals surface area contributed by atoms with Crippen LogP contribution in [0.1, 0.15) is 26.3 Å². The van der Waals surface area contributed by atoms with Gasteiger partial charge in [-0.3, -0.25) is 9.59 Å². The summed E-state index contributed by atoms with van der Waals surface area (Å²) in [4.78, 5) is 25.2. The first-order valence-corrected chi connectivity index (χ1v) is 8.49. The number of carbonyl (C=O) groups is 2. The summed E-state index contributed by atoms with van der Waals surface area (Å²) in [6.45, 7) is 1.96. The molecule has 0 atom stereocenters. The second kappa shape index (κ2) is 8.19. The van der Waals surface area contributed by atoms with E-state index in [9.17, 15) is 9.59 Å². The van der Waals surface area contributed by atoms with E-state index in [4.69, 9.17) is 4.74 Å². The van der Waals surface area contributed by atoms with Gasteiger partial charge in [0.05, 0.1) is 18.4 Å². The van der Waals surface area contributed by atoms with E-state index in [1.54, 1.807) is 55.6 Å². The molecule has 0 aliphatic heterocycles. The number of carbonyl (C=O) groups excluding carboxylic acids is 2. The molecule has 0 saturated carbocycles. The molecule has 0 fully saturated rings. The third kappa shape index (κ3) is 4.52. The molecule has 5 nitrogen and oxygen atoms in total. The summed E-state index contributed by atoms with van der Waals surface area (Å²) in [6, 6.07) is 21.2. The summed E-state index contributed by atoms with van der Waals surface area (Å²) >= 11 is 0. The lowest BCUT2D eigenvalue weighted by molar-refractivity contribution is 0.102. The maximum Gasteiger partial charge on any atom is 0.257 e. The van der Waals surface area contributed by atoms with Gasteiger partial charge in [0, 0.05) is 11.3 Å². The molecular weight excluding hydrogens is 340 g/mol. The number of amides is 2. The molecule has 0 heterocycles. The van der Waals surface area contributed by atoms with E-state index in [0.717, 1.165) is 5.56 Å². The van der Waals surface area contributed by atoms with Gasteiger partial charge in [-0.2, -0.15) is 0 Å². The number of benzene rings is 3. The first-order valence-electron chi connectivity index (χ1n) is 8.49. The molecule has 3 aromatic carbocycles. The highest BCUT2D eigenvalue weighted by molar-refractivity contribution is 6.12. The predicted molar refractivity (Wildman–Crippen MR) is 107 cm³/mol. The monoisotopic (exact) mass is 360 g/mol. The summed E-state index contributed by atoms with van der Waals surface area (Å²) in [5, 5.41) is 5.66. The van der Waals surface area contributed by atoms with E-state index in [0.29, 0.717) is 28.3 Å². The SMILES string of the molecule is COc1ccc(C(=O)Nc2ccccc2C(=O)Nc2cccc(C)c2)cc1. The van der Waals surface area contributed by atoms with Crippen molar-refractivity contribution >= 4 is 23.2 Å². The number of aryl methyl sites for hydroxylation is 1. The summed E-state index contributed by atoms with van der Waals surface area (Å²) < 4.78 is 5.10. The Bertz CT molecular complexity index is 965. The lowest BCUT2D eigenvalue weighted by atomic mass is 10.1. The molecule has 0 spiro atoms. The predicted octanol–water partition coefficient (Wildman–Crippen LogP) is 4.51. The normalized spacial score (nSPS) is 10.1. The van der Waals surface area contributed by atoms with Gasteiger partial charge in [0.2, 0.25) is 0 Å². The van der Waals surface area contributed by atoms with Crippen molar-refractivity contribution < 1.29 is 14.3 Å². The fourth-order valence-corrected chi connectivity index (χ4v) is 2.65. The van der Waals surface area contributed by atoms with Gasteiger partial charge < -0.3 is 15.4 Å². The van der Waals surface area contributed by atoms with Gasteiger partial charge in [-0.25, -0.2) is 0 Å². The van der Waals surface area contributed by atoms with Crippen molar-refractivity contribution in [3.05, 3.63) is 89.5 Å². The Hall–Kier alpha value is -3.60. The van der Waals surface area contributed by atoms with E-state index >= 15 is 0 Å². The van der Waals surface area contributed by atoms with Crippen LogP contribution in [0.25, 0.3) is 0 Å². The Morgan fingerprint density at radius 2 is 1.56 bits per heavy atom. The molecule has 136 valence electrons. The number of nitrogens with one attached hydrogen (secondary N) is 2. The fourth-order valence-electron chi connectivity index (χ4n) is 2.65. The molecule has 3 aromatic rings.